The van der Waals surface area contributed by atoms with Crippen molar-refractivity contribution in [3.8, 4) is 5.75 Å². The number of methoxy groups -OCH3 is 1. The van der Waals surface area contributed by atoms with Crippen LogP contribution in [-0.2, 0) is 0 Å². The largest absolute Gasteiger partial charge is 0.490 e. The summed E-state index contributed by atoms with van der Waals surface area (Å²) in [6.07, 6.45) is 1.37. The Balaban J connectivity index is 2.35. The Bertz CT molecular complexity index is 609. The van der Waals surface area contributed by atoms with Crippen LogP contribution in [-0.4, -0.2) is 23.6 Å². The van der Waals surface area contributed by atoms with Crippen LogP contribution in [0, 0.1) is 5.82 Å². The molecule has 1 aromatic heterocycles. The molecular weight excluding hydrogens is 283 g/mol. The van der Waals surface area contributed by atoms with Crippen LogP contribution in [0.2, 0.25) is 5.02 Å². The Morgan fingerprint density at radius 3 is 2.70 bits per heavy atom. The highest BCUT2D eigenvalue weighted by Crippen LogP contribution is 2.32. The maximum absolute atomic E-state index is 13.8. The van der Waals surface area contributed by atoms with E-state index in [4.69, 9.17) is 16.3 Å². The number of benzene rings is 1. The van der Waals surface area contributed by atoms with Crippen molar-refractivity contribution in [1.82, 2.24) is 9.97 Å². The van der Waals surface area contributed by atoms with E-state index < -0.39 is 5.82 Å². The zero-order valence-corrected chi connectivity index (χ0v) is 11.8. The average Bonchev–Trinajstić information content (AvgIpc) is 2.42. The van der Waals surface area contributed by atoms with E-state index in [9.17, 15) is 4.39 Å². The number of anilines is 3. The lowest BCUT2D eigenvalue weighted by Gasteiger charge is -2.13. The molecule has 0 atom stereocenters. The zero-order chi connectivity index (χ0) is 14.5. The van der Waals surface area contributed by atoms with Crippen molar-refractivity contribution < 1.29 is 9.13 Å². The first-order valence-corrected chi connectivity index (χ1v) is 6.38. The molecule has 2 rings (SSSR count). The minimum Gasteiger partial charge on any atom is -0.490 e. The van der Waals surface area contributed by atoms with Gasteiger partial charge < -0.3 is 15.4 Å². The van der Waals surface area contributed by atoms with Crippen molar-refractivity contribution in [3.63, 3.8) is 0 Å². The van der Waals surface area contributed by atoms with Gasteiger partial charge in [0.1, 0.15) is 12.1 Å². The lowest BCUT2D eigenvalue weighted by molar-refractivity contribution is 0.415. The number of hydrogen-bond donors (Lipinski definition) is 2. The standard InChI is InChI=1S/C13H14ClFN4O/c1-3-16-12-11(20-2)13(18-7-17-12)19-10-5-4-8(14)6-9(10)15/h4-7H,3H2,1-2H3,(H2,16,17,18,19). The maximum Gasteiger partial charge on any atom is 0.204 e. The number of nitrogens with one attached hydrogen (secondary N) is 2. The third kappa shape index (κ3) is 3.08. The van der Waals surface area contributed by atoms with Gasteiger partial charge in [-0.15, -0.1) is 0 Å². The minimum absolute atomic E-state index is 0.258. The molecule has 2 aromatic rings. The molecule has 2 N–H and O–H groups in total. The van der Waals surface area contributed by atoms with Gasteiger partial charge in [-0.25, -0.2) is 14.4 Å². The van der Waals surface area contributed by atoms with E-state index in [1.54, 1.807) is 6.07 Å². The highest BCUT2D eigenvalue weighted by molar-refractivity contribution is 6.30. The summed E-state index contributed by atoms with van der Waals surface area (Å²) in [4.78, 5) is 8.14. The predicted molar refractivity (Wildman–Crippen MR) is 77.4 cm³/mol. The van der Waals surface area contributed by atoms with Crippen LogP contribution in [0.15, 0.2) is 24.5 Å². The Kier molecular flexibility index (Phi) is 4.57. The van der Waals surface area contributed by atoms with Crippen LogP contribution >= 0.6 is 11.6 Å². The number of nitrogens with zero attached hydrogens (tertiary/aromatic N) is 2. The van der Waals surface area contributed by atoms with E-state index in [2.05, 4.69) is 20.6 Å². The van der Waals surface area contributed by atoms with Crippen molar-refractivity contribution in [1.29, 1.82) is 0 Å². The molecule has 5 nitrogen and oxygen atoms in total. The average molecular weight is 297 g/mol. The van der Waals surface area contributed by atoms with Crippen molar-refractivity contribution in [2.75, 3.05) is 24.3 Å². The molecule has 0 saturated heterocycles. The van der Waals surface area contributed by atoms with Gasteiger partial charge >= 0.3 is 0 Å². The van der Waals surface area contributed by atoms with Crippen LogP contribution in [0.3, 0.4) is 0 Å². The monoisotopic (exact) mass is 296 g/mol. The molecule has 0 aliphatic rings. The lowest BCUT2D eigenvalue weighted by Crippen LogP contribution is -2.06. The summed E-state index contributed by atoms with van der Waals surface area (Å²) in [5.41, 5.74) is 0.258. The maximum atomic E-state index is 13.8. The molecule has 1 aromatic carbocycles. The van der Waals surface area contributed by atoms with Gasteiger partial charge in [-0.05, 0) is 25.1 Å². The summed E-state index contributed by atoms with van der Waals surface area (Å²) in [6, 6.07) is 4.35. The van der Waals surface area contributed by atoms with E-state index in [-0.39, 0.29) is 5.69 Å². The van der Waals surface area contributed by atoms with Gasteiger partial charge in [0.05, 0.1) is 12.8 Å². The van der Waals surface area contributed by atoms with Gasteiger partial charge in [0.2, 0.25) is 5.75 Å². The number of aromatic nitrogens is 2. The second kappa shape index (κ2) is 6.38. The van der Waals surface area contributed by atoms with Gasteiger partial charge in [-0.2, -0.15) is 0 Å². The van der Waals surface area contributed by atoms with Crippen LogP contribution in [0.4, 0.5) is 21.7 Å². The van der Waals surface area contributed by atoms with Crippen LogP contribution in [0.5, 0.6) is 5.75 Å². The Morgan fingerprint density at radius 1 is 1.30 bits per heavy atom. The highest BCUT2D eigenvalue weighted by Gasteiger charge is 2.13. The summed E-state index contributed by atoms with van der Waals surface area (Å²) in [6.45, 7) is 2.62. The van der Waals surface area contributed by atoms with Crippen molar-refractivity contribution >= 4 is 28.9 Å². The molecule has 20 heavy (non-hydrogen) atoms. The molecular formula is C13H14ClFN4O. The van der Waals surface area contributed by atoms with E-state index >= 15 is 0 Å². The third-order valence-electron chi connectivity index (χ3n) is 2.54. The van der Waals surface area contributed by atoms with Crippen molar-refractivity contribution in [2.24, 2.45) is 0 Å². The van der Waals surface area contributed by atoms with Crippen LogP contribution < -0.4 is 15.4 Å². The molecule has 1 heterocycles. The molecule has 0 amide bonds. The second-order valence-corrected chi connectivity index (χ2v) is 4.32. The first kappa shape index (κ1) is 14.3. The Morgan fingerprint density at radius 2 is 2.05 bits per heavy atom. The van der Waals surface area contributed by atoms with E-state index in [0.29, 0.717) is 29.0 Å². The lowest BCUT2D eigenvalue weighted by atomic mass is 10.3. The molecule has 106 valence electrons. The zero-order valence-electron chi connectivity index (χ0n) is 11.1. The van der Waals surface area contributed by atoms with Crippen molar-refractivity contribution in [2.45, 2.75) is 6.92 Å². The smallest absolute Gasteiger partial charge is 0.204 e. The molecule has 0 bridgehead atoms. The fourth-order valence-electron chi connectivity index (χ4n) is 1.67. The molecule has 0 saturated carbocycles. The topological polar surface area (TPSA) is 59.1 Å². The number of hydrogen-bond acceptors (Lipinski definition) is 5. The third-order valence-corrected chi connectivity index (χ3v) is 2.77. The predicted octanol–water partition coefficient (Wildman–Crippen LogP) is 3.45. The summed E-state index contributed by atoms with van der Waals surface area (Å²) >= 11 is 5.72. The normalized spacial score (nSPS) is 10.2. The number of halogens is 2. The summed E-state index contributed by atoms with van der Waals surface area (Å²) in [5.74, 6) is 0.869. The van der Waals surface area contributed by atoms with Crippen LogP contribution in [0.1, 0.15) is 6.92 Å². The Labute approximate surface area is 121 Å². The highest BCUT2D eigenvalue weighted by atomic mass is 35.5. The van der Waals surface area contributed by atoms with Gasteiger partial charge in [0, 0.05) is 11.6 Å². The molecule has 0 aliphatic heterocycles. The quantitative estimate of drug-likeness (QED) is 0.885. The second-order valence-electron chi connectivity index (χ2n) is 3.88. The van der Waals surface area contributed by atoms with Gasteiger partial charge in [0.25, 0.3) is 0 Å². The fourth-order valence-corrected chi connectivity index (χ4v) is 1.83. The minimum atomic E-state index is -0.469. The first-order chi connectivity index (χ1) is 9.65. The van der Waals surface area contributed by atoms with Gasteiger partial charge in [-0.1, -0.05) is 11.6 Å². The number of ether oxygens (including phenoxy) is 1. The first-order valence-electron chi connectivity index (χ1n) is 6.00. The molecule has 0 radical (unpaired) electrons. The summed E-state index contributed by atoms with van der Waals surface area (Å²) in [7, 11) is 1.50. The summed E-state index contributed by atoms with van der Waals surface area (Å²) < 4.78 is 19.0. The van der Waals surface area contributed by atoms with E-state index in [1.165, 1.54) is 25.6 Å². The molecule has 0 unspecified atom stereocenters. The summed E-state index contributed by atoms with van der Waals surface area (Å²) in [5, 5.41) is 6.24. The fraction of sp³-hybridized carbons (Fsp3) is 0.231. The van der Waals surface area contributed by atoms with Gasteiger partial charge in [-0.3, -0.25) is 0 Å². The SMILES string of the molecule is CCNc1ncnc(Nc2ccc(Cl)cc2F)c1OC. The number of rotatable bonds is 5. The molecule has 0 fully saturated rings. The molecule has 7 heteroatoms. The van der Waals surface area contributed by atoms with Crippen molar-refractivity contribution in [3.05, 3.63) is 35.4 Å². The van der Waals surface area contributed by atoms with E-state index in [0.717, 1.165) is 0 Å². The van der Waals surface area contributed by atoms with E-state index in [1.807, 2.05) is 6.92 Å². The van der Waals surface area contributed by atoms with Gasteiger partial charge in [0.15, 0.2) is 11.6 Å². The molecule has 0 aliphatic carbocycles. The molecule has 0 spiro atoms. The van der Waals surface area contributed by atoms with Crippen LogP contribution in [0.25, 0.3) is 0 Å². The Hall–Kier alpha value is -2.08.